The molecule has 0 unspecified atom stereocenters. The van der Waals surface area contributed by atoms with Gasteiger partial charge >= 0.3 is 0 Å². The molecule has 3 heterocycles. The molecule has 0 aliphatic carbocycles. The van der Waals surface area contributed by atoms with Crippen LogP contribution >= 0.6 is 0 Å². The molecule has 1 amide bonds. The van der Waals surface area contributed by atoms with Gasteiger partial charge in [-0.2, -0.15) is 0 Å². The molecule has 1 atom stereocenters. The second-order valence-corrected chi connectivity index (χ2v) is 6.06. The van der Waals surface area contributed by atoms with Crippen LogP contribution in [0, 0.1) is 5.82 Å². The molecule has 1 aromatic carbocycles. The van der Waals surface area contributed by atoms with E-state index in [0.717, 1.165) is 30.4 Å². The van der Waals surface area contributed by atoms with Crippen LogP contribution in [0.4, 0.5) is 4.39 Å². The van der Waals surface area contributed by atoms with Gasteiger partial charge in [0.1, 0.15) is 17.6 Å². The van der Waals surface area contributed by atoms with Crippen LogP contribution < -0.4 is 16.2 Å². The number of carbonyl (C=O) groups excluding carboxylic acids is 1. The van der Waals surface area contributed by atoms with Crippen molar-refractivity contribution >= 4 is 5.91 Å². The van der Waals surface area contributed by atoms with E-state index >= 15 is 0 Å². The molecule has 24 heavy (non-hydrogen) atoms. The number of hydrazine groups is 1. The van der Waals surface area contributed by atoms with Crippen molar-refractivity contribution in [2.45, 2.75) is 18.4 Å². The van der Waals surface area contributed by atoms with Gasteiger partial charge in [-0.3, -0.25) is 15.6 Å². The van der Waals surface area contributed by atoms with Crippen molar-refractivity contribution in [1.29, 1.82) is 0 Å². The summed E-state index contributed by atoms with van der Waals surface area (Å²) in [6.45, 7) is 3.40. The number of aromatic nitrogens is 2. The van der Waals surface area contributed by atoms with Crippen molar-refractivity contribution in [3.05, 3.63) is 58.9 Å². The van der Waals surface area contributed by atoms with Gasteiger partial charge < -0.3 is 10.8 Å². The van der Waals surface area contributed by atoms with Crippen molar-refractivity contribution in [3.8, 4) is 0 Å². The number of fused-ring (bicyclic) bond motifs is 1. The monoisotopic (exact) mass is 331 g/mol. The lowest BCUT2D eigenvalue weighted by Crippen LogP contribution is -2.39. The Kier molecular flexibility index (Phi) is 4.04. The Morgan fingerprint density at radius 1 is 1.29 bits per heavy atom. The highest BCUT2D eigenvalue weighted by atomic mass is 19.1. The number of hydrogen-bond donors (Lipinski definition) is 3. The maximum Gasteiger partial charge on any atom is 0.252 e. The average Bonchev–Trinajstić information content (AvgIpc) is 3.16. The Labute approximate surface area is 138 Å². The standard InChI is InChI=1S/C16H16FN5O.H2O/c1-16(14-13(17)7-18-8-19-14)12-3-2-9(10-5-20-21-6-10)4-11(12)15(23)22-16;/h2-4,7-8,10,20-21H,5-6H2,1H3,(H,22,23);1H2/t16-;/m0./s1. The summed E-state index contributed by atoms with van der Waals surface area (Å²) in [7, 11) is 0. The van der Waals surface area contributed by atoms with Crippen LogP contribution in [0.5, 0.6) is 0 Å². The molecule has 5 N–H and O–H groups in total. The molecule has 1 saturated heterocycles. The highest BCUT2D eigenvalue weighted by Crippen LogP contribution is 2.37. The van der Waals surface area contributed by atoms with Crippen molar-refractivity contribution in [2.75, 3.05) is 13.1 Å². The second-order valence-electron chi connectivity index (χ2n) is 6.06. The van der Waals surface area contributed by atoms with E-state index in [1.54, 1.807) is 6.92 Å². The summed E-state index contributed by atoms with van der Waals surface area (Å²) in [5.41, 5.74) is 7.76. The minimum Gasteiger partial charge on any atom is -0.412 e. The Morgan fingerprint density at radius 2 is 2.04 bits per heavy atom. The molecule has 0 radical (unpaired) electrons. The van der Waals surface area contributed by atoms with E-state index in [-0.39, 0.29) is 17.1 Å². The normalized spacial score (nSPS) is 22.8. The van der Waals surface area contributed by atoms with Gasteiger partial charge in [0.2, 0.25) is 0 Å². The van der Waals surface area contributed by atoms with Gasteiger partial charge in [0.05, 0.1) is 6.20 Å². The second kappa shape index (κ2) is 5.90. The van der Waals surface area contributed by atoms with E-state index in [2.05, 4.69) is 26.1 Å². The Bertz CT molecular complexity index is 794. The fourth-order valence-electron chi connectivity index (χ4n) is 3.37. The molecule has 0 spiro atoms. The molecule has 4 rings (SSSR count). The zero-order chi connectivity index (χ0) is 16.0. The van der Waals surface area contributed by atoms with Crippen molar-refractivity contribution in [3.63, 3.8) is 0 Å². The lowest BCUT2D eigenvalue weighted by molar-refractivity contribution is 0.0943. The topological polar surface area (TPSA) is 110 Å². The molecular weight excluding hydrogens is 313 g/mol. The minimum absolute atomic E-state index is 0. The smallest absolute Gasteiger partial charge is 0.252 e. The first-order chi connectivity index (χ1) is 11.1. The molecule has 1 fully saturated rings. The van der Waals surface area contributed by atoms with Crippen LogP contribution in [0.1, 0.15) is 40.0 Å². The van der Waals surface area contributed by atoms with Gasteiger partial charge in [-0.15, -0.1) is 0 Å². The van der Waals surface area contributed by atoms with Crippen LogP contribution in [0.3, 0.4) is 0 Å². The number of hydrogen-bond acceptors (Lipinski definition) is 5. The number of amides is 1. The predicted molar refractivity (Wildman–Crippen MR) is 84.7 cm³/mol. The quantitative estimate of drug-likeness (QED) is 0.717. The van der Waals surface area contributed by atoms with E-state index in [1.807, 2.05) is 18.2 Å². The first-order valence-corrected chi connectivity index (χ1v) is 7.48. The summed E-state index contributed by atoms with van der Waals surface area (Å²) in [6, 6.07) is 5.78. The summed E-state index contributed by atoms with van der Waals surface area (Å²) in [6.07, 6.45) is 2.40. The molecule has 2 aliphatic rings. The third-order valence-electron chi connectivity index (χ3n) is 4.62. The van der Waals surface area contributed by atoms with Crippen LogP contribution in [0.15, 0.2) is 30.7 Å². The van der Waals surface area contributed by atoms with Crippen molar-refractivity contribution in [1.82, 2.24) is 26.1 Å². The van der Waals surface area contributed by atoms with Gasteiger partial charge in [-0.05, 0) is 24.1 Å². The first kappa shape index (κ1) is 16.4. The van der Waals surface area contributed by atoms with Crippen LogP contribution in [-0.4, -0.2) is 34.4 Å². The van der Waals surface area contributed by atoms with E-state index in [4.69, 9.17) is 0 Å². The van der Waals surface area contributed by atoms with Gasteiger partial charge in [-0.1, -0.05) is 12.1 Å². The number of benzene rings is 1. The summed E-state index contributed by atoms with van der Waals surface area (Å²) >= 11 is 0. The van der Waals surface area contributed by atoms with Crippen LogP contribution in [0.2, 0.25) is 0 Å². The van der Waals surface area contributed by atoms with E-state index < -0.39 is 11.4 Å². The third-order valence-corrected chi connectivity index (χ3v) is 4.62. The van der Waals surface area contributed by atoms with Gasteiger partial charge in [0.15, 0.2) is 5.82 Å². The third kappa shape index (κ3) is 2.35. The van der Waals surface area contributed by atoms with Gasteiger partial charge in [-0.25, -0.2) is 14.4 Å². The molecule has 7 nitrogen and oxygen atoms in total. The molecule has 2 aliphatic heterocycles. The fraction of sp³-hybridized carbons (Fsp3) is 0.312. The highest BCUT2D eigenvalue weighted by molar-refractivity contribution is 6.00. The van der Waals surface area contributed by atoms with Crippen molar-refractivity contribution in [2.24, 2.45) is 0 Å². The molecule has 0 saturated carbocycles. The minimum atomic E-state index is -0.982. The van der Waals surface area contributed by atoms with E-state index in [0.29, 0.717) is 11.5 Å². The lowest BCUT2D eigenvalue weighted by Gasteiger charge is -2.25. The molecule has 0 bridgehead atoms. The lowest BCUT2D eigenvalue weighted by atomic mass is 9.86. The largest absolute Gasteiger partial charge is 0.412 e. The predicted octanol–water partition coefficient (Wildman–Crippen LogP) is -0.0107. The Morgan fingerprint density at radius 3 is 2.75 bits per heavy atom. The summed E-state index contributed by atoms with van der Waals surface area (Å²) in [5, 5.41) is 2.87. The van der Waals surface area contributed by atoms with Gasteiger partial charge in [0, 0.05) is 24.6 Å². The molecular formula is C16H18FN5O2. The zero-order valence-corrected chi connectivity index (χ0v) is 13.1. The molecule has 126 valence electrons. The zero-order valence-electron chi connectivity index (χ0n) is 13.1. The highest BCUT2D eigenvalue weighted by Gasteiger charge is 2.43. The van der Waals surface area contributed by atoms with Crippen LogP contribution in [-0.2, 0) is 5.54 Å². The first-order valence-electron chi connectivity index (χ1n) is 7.48. The number of nitrogens with zero attached hydrogens (tertiary/aromatic N) is 2. The van der Waals surface area contributed by atoms with E-state index in [9.17, 15) is 9.18 Å². The number of halogens is 1. The molecule has 8 heteroatoms. The van der Waals surface area contributed by atoms with Gasteiger partial charge in [0.25, 0.3) is 5.91 Å². The summed E-state index contributed by atoms with van der Waals surface area (Å²) in [4.78, 5) is 20.1. The maximum absolute atomic E-state index is 14.1. The van der Waals surface area contributed by atoms with E-state index in [1.165, 1.54) is 6.33 Å². The summed E-state index contributed by atoms with van der Waals surface area (Å²) in [5.74, 6) is -0.423. The Balaban J connectivity index is 0.00000169. The number of rotatable bonds is 2. The Hall–Kier alpha value is -2.42. The van der Waals surface area contributed by atoms with Crippen molar-refractivity contribution < 1.29 is 14.7 Å². The number of carbonyl (C=O) groups is 1. The van der Waals surface area contributed by atoms with Crippen LogP contribution in [0.25, 0.3) is 0 Å². The SMILES string of the molecule is C[C@]1(c2ncncc2F)NC(=O)c2cc(C3CNNC3)ccc21.O. The molecule has 1 aromatic heterocycles. The molecule has 2 aromatic rings. The fourth-order valence-corrected chi connectivity index (χ4v) is 3.37. The maximum atomic E-state index is 14.1. The average molecular weight is 331 g/mol. The number of nitrogens with one attached hydrogen (secondary N) is 3. The summed E-state index contributed by atoms with van der Waals surface area (Å²) < 4.78 is 14.1.